The van der Waals surface area contributed by atoms with Gasteiger partial charge in [0.1, 0.15) is 5.82 Å². The van der Waals surface area contributed by atoms with Gasteiger partial charge in [-0.1, -0.05) is 34.9 Å². The van der Waals surface area contributed by atoms with E-state index in [1.54, 1.807) is 28.9 Å². The van der Waals surface area contributed by atoms with Gasteiger partial charge >= 0.3 is 0 Å². The number of nitrogens with one attached hydrogen (secondary N) is 1. The fraction of sp³-hybridized carbons (Fsp3) is 0.240. The molecule has 2 aromatic carbocycles. The molecular formula is C25H24FN7O. The Morgan fingerprint density at radius 1 is 1.06 bits per heavy atom. The number of halogens is 1. The summed E-state index contributed by atoms with van der Waals surface area (Å²) < 4.78 is 15.2. The normalized spacial score (nSPS) is 14.2. The second kappa shape index (κ2) is 9.38. The zero-order valence-corrected chi connectivity index (χ0v) is 18.7. The van der Waals surface area contributed by atoms with Gasteiger partial charge in [0.2, 0.25) is 5.95 Å². The number of pyridine rings is 1. The molecule has 0 radical (unpaired) electrons. The zero-order chi connectivity index (χ0) is 23.5. The first-order valence-electron chi connectivity index (χ1n) is 11.2. The summed E-state index contributed by atoms with van der Waals surface area (Å²) in [5.41, 5.74) is 3.86. The highest BCUT2D eigenvalue weighted by molar-refractivity contribution is 5.94. The zero-order valence-electron chi connectivity index (χ0n) is 18.7. The quantitative estimate of drug-likeness (QED) is 0.493. The molecule has 0 aliphatic carbocycles. The van der Waals surface area contributed by atoms with Crippen molar-refractivity contribution >= 4 is 11.9 Å². The predicted octanol–water partition coefficient (Wildman–Crippen LogP) is 3.57. The lowest BCUT2D eigenvalue weighted by atomic mass is 10.0. The highest BCUT2D eigenvalue weighted by Crippen LogP contribution is 2.21. The Kier molecular flexibility index (Phi) is 5.99. The van der Waals surface area contributed by atoms with Gasteiger partial charge < -0.3 is 10.2 Å². The Labute approximate surface area is 196 Å². The molecule has 1 aliphatic heterocycles. The van der Waals surface area contributed by atoms with E-state index in [9.17, 15) is 9.18 Å². The molecule has 0 spiro atoms. The van der Waals surface area contributed by atoms with Crippen LogP contribution in [0.1, 0.15) is 28.8 Å². The van der Waals surface area contributed by atoms with Gasteiger partial charge in [-0.15, -0.1) is 0 Å². The van der Waals surface area contributed by atoms with Gasteiger partial charge in [-0.25, -0.2) is 4.39 Å². The van der Waals surface area contributed by atoms with Crippen LogP contribution in [-0.2, 0) is 0 Å². The lowest BCUT2D eigenvalue weighted by molar-refractivity contribution is 0.0930. The lowest BCUT2D eigenvalue weighted by Gasteiger charge is -2.32. The van der Waals surface area contributed by atoms with E-state index in [0.717, 1.165) is 31.6 Å². The van der Waals surface area contributed by atoms with Crippen LogP contribution in [0.4, 0.5) is 10.3 Å². The summed E-state index contributed by atoms with van der Waals surface area (Å²) in [6, 6.07) is 17.8. The molecule has 1 fully saturated rings. The smallest absolute Gasteiger partial charge is 0.253 e. The van der Waals surface area contributed by atoms with Gasteiger partial charge in [-0.2, -0.15) is 4.68 Å². The molecule has 8 nitrogen and oxygen atoms in total. The number of tetrazole rings is 1. The summed E-state index contributed by atoms with van der Waals surface area (Å²) in [6.45, 7) is 3.50. The largest absolute Gasteiger partial charge is 0.349 e. The monoisotopic (exact) mass is 457 g/mol. The van der Waals surface area contributed by atoms with Crippen LogP contribution in [0.25, 0.3) is 16.9 Å². The Morgan fingerprint density at radius 2 is 1.85 bits per heavy atom. The van der Waals surface area contributed by atoms with Crippen LogP contribution in [-0.4, -0.2) is 50.2 Å². The topological polar surface area (TPSA) is 88.8 Å². The number of carbonyl (C=O) groups is 1. The van der Waals surface area contributed by atoms with E-state index in [4.69, 9.17) is 0 Å². The van der Waals surface area contributed by atoms with Crippen molar-refractivity contribution in [2.45, 2.75) is 25.8 Å². The average molecular weight is 458 g/mol. The summed E-state index contributed by atoms with van der Waals surface area (Å²) in [5.74, 6) is 0.215. The van der Waals surface area contributed by atoms with Crippen molar-refractivity contribution in [2.75, 3.05) is 18.0 Å². The molecule has 1 N–H and O–H groups in total. The molecule has 5 rings (SSSR count). The summed E-state index contributed by atoms with van der Waals surface area (Å²) in [4.78, 5) is 19.2. The molecule has 0 bridgehead atoms. The molecule has 4 aromatic rings. The SMILES string of the molecule is Cc1ccc(-n2nnnc2N2CCC(NC(=O)c3ccc(-c4cccc(F)c4)nc3)CC2)cc1. The second-order valence-electron chi connectivity index (χ2n) is 8.40. The van der Waals surface area contributed by atoms with Crippen LogP contribution in [0, 0.1) is 12.7 Å². The molecule has 34 heavy (non-hydrogen) atoms. The first-order valence-corrected chi connectivity index (χ1v) is 11.2. The first-order chi connectivity index (χ1) is 16.6. The molecule has 0 saturated carbocycles. The molecule has 2 aromatic heterocycles. The van der Waals surface area contributed by atoms with Crippen LogP contribution in [0.5, 0.6) is 0 Å². The Morgan fingerprint density at radius 3 is 2.56 bits per heavy atom. The van der Waals surface area contributed by atoms with E-state index in [-0.39, 0.29) is 17.8 Å². The van der Waals surface area contributed by atoms with E-state index < -0.39 is 0 Å². The van der Waals surface area contributed by atoms with Crippen LogP contribution in [0.3, 0.4) is 0 Å². The predicted molar refractivity (Wildman–Crippen MR) is 126 cm³/mol. The van der Waals surface area contributed by atoms with Crippen molar-refractivity contribution in [3.63, 3.8) is 0 Å². The van der Waals surface area contributed by atoms with Crippen molar-refractivity contribution < 1.29 is 9.18 Å². The van der Waals surface area contributed by atoms with Crippen LogP contribution < -0.4 is 10.2 Å². The third-order valence-corrected chi connectivity index (χ3v) is 5.99. The third-order valence-electron chi connectivity index (χ3n) is 5.99. The van der Waals surface area contributed by atoms with Gasteiger partial charge in [0, 0.05) is 30.9 Å². The molecule has 1 aliphatic rings. The number of benzene rings is 2. The number of rotatable bonds is 5. The number of aryl methyl sites for hydroxylation is 1. The summed E-state index contributed by atoms with van der Waals surface area (Å²) in [7, 11) is 0. The molecule has 1 saturated heterocycles. The Bertz CT molecular complexity index is 1280. The lowest BCUT2D eigenvalue weighted by Crippen LogP contribution is -2.45. The van der Waals surface area contributed by atoms with Crippen molar-refractivity contribution in [3.8, 4) is 16.9 Å². The average Bonchev–Trinajstić information content (AvgIpc) is 3.35. The van der Waals surface area contributed by atoms with Gasteiger partial charge in [0.25, 0.3) is 5.91 Å². The van der Waals surface area contributed by atoms with Crippen LogP contribution >= 0.6 is 0 Å². The van der Waals surface area contributed by atoms with E-state index in [1.807, 2.05) is 31.2 Å². The standard InChI is InChI=1S/C25H24FN7O/c1-17-5-8-22(9-6-17)33-25(29-30-31-33)32-13-11-21(12-14-32)28-24(34)19-7-10-23(27-16-19)18-3-2-4-20(26)15-18/h2-10,15-16,21H,11-14H2,1H3,(H,28,34). The highest BCUT2D eigenvalue weighted by Gasteiger charge is 2.25. The molecule has 9 heteroatoms. The minimum absolute atomic E-state index is 0.0513. The van der Waals surface area contributed by atoms with Crippen LogP contribution in [0.15, 0.2) is 66.9 Å². The highest BCUT2D eigenvalue weighted by atomic mass is 19.1. The first kappa shape index (κ1) is 21.7. The number of hydrogen-bond donors (Lipinski definition) is 1. The fourth-order valence-electron chi connectivity index (χ4n) is 4.07. The minimum atomic E-state index is -0.319. The number of piperidine rings is 1. The molecule has 3 heterocycles. The van der Waals surface area contributed by atoms with E-state index >= 15 is 0 Å². The minimum Gasteiger partial charge on any atom is -0.349 e. The summed E-state index contributed by atoms with van der Waals surface area (Å²) >= 11 is 0. The maximum Gasteiger partial charge on any atom is 0.253 e. The van der Waals surface area contributed by atoms with E-state index in [2.05, 4.69) is 30.7 Å². The van der Waals surface area contributed by atoms with Gasteiger partial charge in [0.15, 0.2) is 0 Å². The number of carbonyl (C=O) groups excluding carboxylic acids is 1. The number of aromatic nitrogens is 5. The van der Waals surface area contributed by atoms with Gasteiger partial charge in [-0.05, 0) is 66.6 Å². The summed E-state index contributed by atoms with van der Waals surface area (Å²) in [5, 5.41) is 15.3. The number of amides is 1. The second-order valence-corrected chi connectivity index (χ2v) is 8.40. The third kappa shape index (κ3) is 4.63. The van der Waals surface area contributed by atoms with E-state index in [0.29, 0.717) is 22.8 Å². The Hall–Kier alpha value is -4.14. The maximum atomic E-state index is 13.5. The molecule has 0 unspecified atom stereocenters. The fourth-order valence-corrected chi connectivity index (χ4v) is 4.07. The van der Waals surface area contributed by atoms with Crippen molar-refractivity contribution in [2.24, 2.45) is 0 Å². The Balaban J connectivity index is 1.19. The number of nitrogens with zero attached hydrogens (tertiary/aromatic N) is 6. The molecular weight excluding hydrogens is 433 g/mol. The van der Waals surface area contributed by atoms with Crippen LogP contribution in [0.2, 0.25) is 0 Å². The van der Waals surface area contributed by atoms with E-state index in [1.165, 1.54) is 23.9 Å². The number of hydrogen-bond acceptors (Lipinski definition) is 6. The summed E-state index contributed by atoms with van der Waals surface area (Å²) in [6.07, 6.45) is 3.09. The van der Waals surface area contributed by atoms with Crippen molar-refractivity contribution in [1.82, 2.24) is 30.5 Å². The van der Waals surface area contributed by atoms with Gasteiger partial charge in [-0.3, -0.25) is 9.78 Å². The van der Waals surface area contributed by atoms with Crippen molar-refractivity contribution in [3.05, 3.63) is 83.8 Å². The van der Waals surface area contributed by atoms with Gasteiger partial charge in [0.05, 0.1) is 16.9 Å². The molecule has 172 valence electrons. The van der Waals surface area contributed by atoms with Crippen molar-refractivity contribution in [1.29, 1.82) is 0 Å². The molecule has 0 atom stereocenters. The number of anilines is 1. The molecule has 1 amide bonds. The maximum absolute atomic E-state index is 13.5.